The standard InChI is InChI=1S/C23H24N4O3/c1-29-18-11-16-20(19(22(18)30-2)13-7-9-24-10-8-13)17-12-25-27-23(17)26-21(16)14-3-5-15(28)6-4-14/h3-6,11-13,24,28H,7-10H2,1-2H3,(H,25,26,27). The molecule has 154 valence electrons. The van der Waals surface area contributed by atoms with Crippen LogP contribution in [0.2, 0.25) is 0 Å². The Bertz CT molecular complexity index is 1210. The lowest BCUT2D eigenvalue weighted by atomic mass is 9.84. The predicted molar refractivity (Wildman–Crippen MR) is 116 cm³/mol. The second kappa shape index (κ2) is 7.50. The summed E-state index contributed by atoms with van der Waals surface area (Å²) < 4.78 is 11.6. The van der Waals surface area contributed by atoms with E-state index in [4.69, 9.17) is 14.5 Å². The molecule has 7 heteroatoms. The van der Waals surface area contributed by atoms with Crippen LogP contribution in [0.4, 0.5) is 0 Å². The molecule has 0 unspecified atom stereocenters. The third-order valence-electron chi connectivity index (χ3n) is 5.96. The Morgan fingerprint density at radius 2 is 1.80 bits per heavy atom. The van der Waals surface area contributed by atoms with Crippen LogP contribution in [-0.4, -0.2) is 47.6 Å². The first-order valence-electron chi connectivity index (χ1n) is 10.1. The van der Waals surface area contributed by atoms with Gasteiger partial charge in [-0.3, -0.25) is 5.10 Å². The summed E-state index contributed by atoms with van der Waals surface area (Å²) in [5, 5.41) is 23.6. The van der Waals surface area contributed by atoms with Crippen molar-refractivity contribution in [3.63, 3.8) is 0 Å². The fourth-order valence-electron chi connectivity index (χ4n) is 4.56. The number of rotatable bonds is 4. The van der Waals surface area contributed by atoms with Crippen LogP contribution in [-0.2, 0) is 0 Å². The number of aromatic amines is 1. The first kappa shape index (κ1) is 18.7. The molecule has 0 spiro atoms. The molecule has 5 rings (SSSR count). The average Bonchev–Trinajstić information content (AvgIpc) is 3.27. The summed E-state index contributed by atoms with van der Waals surface area (Å²) in [5.74, 6) is 2.04. The number of H-pyrrole nitrogens is 1. The van der Waals surface area contributed by atoms with Crippen molar-refractivity contribution in [3.8, 4) is 28.5 Å². The van der Waals surface area contributed by atoms with Crippen LogP contribution < -0.4 is 14.8 Å². The number of nitrogens with one attached hydrogen (secondary N) is 2. The Hall–Kier alpha value is -3.32. The Kier molecular flexibility index (Phi) is 4.67. The highest BCUT2D eigenvalue weighted by molar-refractivity contribution is 6.13. The summed E-state index contributed by atoms with van der Waals surface area (Å²) in [6, 6.07) is 9.10. The van der Waals surface area contributed by atoms with Gasteiger partial charge in [-0.25, -0.2) is 4.98 Å². The van der Waals surface area contributed by atoms with Crippen LogP contribution in [0, 0.1) is 0 Å². The van der Waals surface area contributed by atoms with Crippen molar-refractivity contribution in [1.29, 1.82) is 0 Å². The minimum atomic E-state index is 0.223. The molecule has 3 N–H and O–H groups in total. The van der Waals surface area contributed by atoms with Crippen molar-refractivity contribution in [2.24, 2.45) is 0 Å². The van der Waals surface area contributed by atoms with Gasteiger partial charge in [-0.1, -0.05) is 0 Å². The maximum atomic E-state index is 9.74. The van der Waals surface area contributed by atoms with E-state index >= 15 is 0 Å². The van der Waals surface area contributed by atoms with Gasteiger partial charge in [0.05, 0.1) is 26.1 Å². The number of aromatic hydroxyl groups is 1. The molecule has 0 amide bonds. The minimum absolute atomic E-state index is 0.223. The van der Waals surface area contributed by atoms with Crippen LogP contribution >= 0.6 is 0 Å². The third-order valence-corrected chi connectivity index (χ3v) is 5.96. The number of pyridine rings is 1. The molecule has 0 radical (unpaired) electrons. The van der Waals surface area contributed by atoms with Gasteiger partial charge in [-0.15, -0.1) is 0 Å². The number of aromatic nitrogens is 3. The molecule has 0 bridgehead atoms. The molecule has 0 saturated carbocycles. The number of ether oxygens (including phenoxy) is 2. The molecule has 4 aromatic rings. The first-order chi connectivity index (χ1) is 14.7. The zero-order chi connectivity index (χ0) is 20.7. The number of methoxy groups -OCH3 is 2. The topological polar surface area (TPSA) is 92.3 Å². The van der Waals surface area contributed by atoms with E-state index in [1.165, 1.54) is 0 Å². The Morgan fingerprint density at radius 3 is 2.50 bits per heavy atom. The van der Waals surface area contributed by atoms with Crippen molar-refractivity contribution in [3.05, 3.63) is 42.1 Å². The molecule has 30 heavy (non-hydrogen) atoms. The minimum Gasteiger partial charge on any atom is -0.508 e. The highest BCUT2D eigenvalue weighted by atomic mass is 16.5. The molecule has 7 nitrogen and oxygen atoms in total. The van der Waals surface area contributed by atoms with E-state index in [1.54, 1.807) is 26.4 Å². The summed E-state index contributed by atoms with van der Waals surface area (Å²) in [6.07, 6.45) is 3.88. The van der Waals surface area contributed by atoms with Gasteiger partial charge in [-0.2, -0.15) is 5.10 Å². The van der Waals surface area contributed by atoms with Crippen molar-refractivity contribution in [1.82, 2.24) is 20.5 Å². The lowest BCUT2D eigenvalue weighted by molar-refractivity contribution is 0.346. The number of phenols is 1. The van der Waals surface area contributed by atoms with E-state index in [9.17, 15) is 5.11 Å². The van der Waals surface area contributed by atoms with Crippen molar-refractivity contribution >= 4 is 21.8 Å². The van der Waals surface area contributed by atoms with Gasteiger partial charge in [0.2, 0.25) is 0 Å². The molecule has 2 aromatic carbocycles. The predicted octanol–water partition coefficient (Wildman–Crippen LogP) is 3.97. The maximum Gasteiger partial charge on any atom is 0.164 e. The SMILES string of the molecule is COc1cc2c(-c3ccc(O)cc3)nc3[nH]ncc3c2c(C2CCNCC2)c1OC. The lowest BCUT2D eigenvalue weighted by Crippen LogP contribution is -2.27. The number of phenolic OH excluding ortho intramolecular Hbond substituents is 1. The van der Waals surface area contributed by atoms with Crippen LogP contribution in [0.3, 0.4) is 0 Å². The summed E-state index contributed by atoms with van der Waals surface area (Å²) >= 11 is 0. The largest absolute Gasteiger partial charge is 0.508 e. The fraction of sp³-hybridized carbons (Fsp3) is 0.304. The summed E-state index contributed by atoms with van der Waals surface area (Å²) in [6.45, 7) is 1.94. The zero-order valence-corrected chi connectivity index (χ0v) is 17.0. The van der Waals surface area contributed by atoms with E-state index in [1.807, 2.05) is 24.4 Å². The van der Waals surface area contributed by atoms with Crippen molar-refractivity contribution in [2.75, 3.05) is 27.3 Å². The third kappa shape index (κ3) is 2.93. The number of piperidine rings is 1. The summed E-state index contributed by atoms with van der Waals surface area (Å²) in [4.78, 5) is 4.87. The molecular formula is C23H24N4O3. The Labute approximate surface area is 174 Å². The number of hydrogen-bond donors (Lipinski definition) is 3. The summed E-state index contributed by atoms with van der Waals surface area (Å²) in [5.41, 5.74) is 3.62. The van der Waals surface area contributed by atoms with Gasteiger partial charge in [0.1, 0.15) is 5.75 Å². The zero-order valence-electron chi connectivity index (χ0n) is 17.0. The van der Waals surface area contributed by atoms with Gasteiger partial charge < -0.3 is 19.9 Å². The van der Waals surface area contributed by atoms with Gasteiger partial charge in [0.25, 0.3) is 0 Å². The normalized spacial score (nSPS) is 15.0. The van der Waals surface area contributed by atoms with E-state index in [0.717, 1.165) is 70.3 Å². The van der Waals surface area contributed by atoms with Crippen LogP contribution in [0.25, 0.3) is 33.1 Å². The maximum absolute atomic E-state index is 9.74. The van der Waals surface area contributed by atoms with Crippen molar-refractivity contribution in [2.45, 2.75) is 18.8 Å². The van der Waals surface area contributed by atoms with Crippen LogP contribution in [0.15, 0.2) is 36.5 Å². The number of benzene rings is 2. The highest BCUT2D eigenvalue weighted by Crippen LogP contribution is 2.47. The molecule has 1 saturated heterocycles. The van der Waals surface area contributed by atoms with E-state index in [0.29, 0.717) is 11.7 Å². The van der Waals surface area contributed by atoms with E-state index in [-0.39, 0.29) is 5.75 Å². The van der Waals surface area contributed by atoms with Gasteiger partial charge in [-0.05, 0) is 62.2 Å². The quantitative estimate of drug-likeness (QED) is 0.477. The molecule has 2 aromatic heterocycles. The molecule has 3 heterocycles. The molecule has 1 fully saturated rings. The van der Waals surface area contributed by atoms with Crippen molar-refractivity contribution < 1.29 is 14.6 Å². The van der Waals surface area contributed by atoms with E-state index in [2.05, 4.69) is 15.5 Å². The van der Waals surface area contributed by atoms with Crippen LogP contribution in [0.1, 0.15) is 24.3 Å². The van der Waals surface area contributed by atoms with Gasteiger partial charge in [0.15, 0.2) is 17.1 Å². The van der Waals surface area contributed by atoms with Gasteiger partial charge >= 0.3 is 0 Å². The number of fused-ring (bicyclic) bond motifs is 3. The summed E-state index contributed by atoms with van der Waals surface area (Å²) in [7, 11) is 3.36. The average molecular weight is 404 g/mol. The number of hydrogen-bond acceptors (Lipinski definition) is 6. The van der Waals surface area contributed by atoms with E-state index < -0.39 is 0 Å². The molecule has 1 aliphatic rings. The smallest absolute Gasteiger partial charge is 0.164 e. The second-order valence-corrected chi connectivity index (χ2v) is 7.61. The number of nitrogens with zero attached hydrogens (tertiary/aromatic N) is 2. The Balaban J connectivity index is 1.91. The Morgan fingerprint density at radius 1 is 1.03 bits per heavy atom. The fourth-order valence-corrected chi connectivity index (χ4v) is 4.56. The second-order valence-electron chi connectivity index (χ2n) is 7.61. The molecule has 0 atom stereocenters. The lowest BCUT2D eigenvalue weighted by Gasteiger charge is -2.27. The van der Waals surface area contributed by atoms with Gasteiger partial charge in [0, 0.05) is 27.3 Å². The highest BCUT2D eigenvalue weighted by Gasteiger charge is 2.27. The molecule has 1 aliphatic heterocycles. The molecular weight excluding hydrogens is 380 g/mol. The molecule has 0 aliphatic carbocycles. The first-order valence-corrected chi connectivity index (χ1v) is 10.1. The monoisotopic (exact) mass is 404 g/mol. The van der Waals surface area contributed by atoms with Crippen LogP contribution in [0.5, 0.6) is 17.2 Å².